The van der Waals surface area contributed by atoms with Gasteiger partial charge in [-0.25, -0.2) is 0 Å². The zero-order valence-corrected chi connectivity index (χ0v) is 13.8. The molecule has 2 heterocycles. The summed E-state index contributed by atoms with van der Waals surface area (Å²) < 4.78 is 6.17. The number of aromatic amines is 1. The maximum Gasteiger partial charge on any atom is 0.303 e. The normalized spacial score (nSPS) is 11.9. The number of rotatable bonds is 7. The SMILES string of the molecule is Cc1n[nH]cc1C(Oc1ccc(CCC(=O)O)cc1)c1ccccn1. The number of pyridine rings is 1. The number of carbonyl (C=O) groups is 1. The fraction of sp³-hybridized carbons (Fsp3) is 0.211. The third-order valence-electron chi connectivity index (χ3n) is 3.91. The first-order valence-electron chi connectivity index (χ1n) is 8.02. The van der Waals surface area contributed by atoms with Gasteiger partial charge in [-0.3, -0.25) is 14.9 Å². The van der Waals surface area contributed by atoms with Crippen molar-refractivity contribution >= 4 is 5.97 Å². The lowest BCUT2D eigenvalue weighted by atomic mass is 10.1. The lowest BCUT2D eigenvalue weighted by molar-refractivity contribution is -0.136. The highest BCUT2D eigenvalue weighted by Gasteiger charge is 2.21. The van der Waals surface area contributed by atoms with Crippen LogP contribution in [0.5, 0.6) is 5.75 Å². The van der Waals surface area contributed by atoms with Crippen molar-refractivity contribution < 1.29 is 14.6 Å². The summed E-state index contributed by atoms with van der Waals surface area (Å²) in [6, 6.07) is 13.2. The first-order valence-corrected chi connectivity index (χ1v) is 8.02. The number of hydrogen-bond acceptors (Lipinski definition) is 4. The van der Waals surface area contributed by atoms with Crippen molar-refractivity contribution in [3.8, 4) is 5.75 Å². The molecule has 1 unspecified atom stereocenters. The zero-order valence-electron chi connectivity index (χ0n) is 13.8. The monoisotopic (exact) mass is 337 g/mol. The second kappa shape index (κ2) is 7.61. The molecule has 25 heavy (non-hydrogen) atoms. The van der Waals surface area contributed by atoms with Gasteiger partial charge in [0.1, 0.15) is 5.75 Å². The minimum atomic E-state index is -0.800. The van der Waals surface area contributed by atoms with Crippen LogP contribution in [0.1, 0.15) is 35.0 Å². The second-order valence-electron chi connectivity index (χ2n) is 5.72. The van der Waals surface area contributed by atoms with Gasteiger partial charge in [-0.2, -0.15) is 5.10 Å². The summed E-state index contributed by atoms with van der Waals surface area (Å²) in [5.41, 5.74) is 3.54. The molecule has 3 aromatic rings. The highest BCUT2D eigenvalue weighted by atomic mass is 16.5. The van der Waals surface area contributed by atoms with E-state index >= 15 is 0 Å². The Hall–Kier alpha value is -3.15. The molecule has 0 spiro atoms. The zero-order chi connectivity index (χ0) is 17.6. The van der Waals surface area contributed by atoms with Crippen molar-refractivity contribution in [3.05, 3.63) is 77.4 Å². The summed E-state index contributed by atoms with van der Waals surface area (Å²) in [4.78, 5) is 15.1. The van der Waals surface area contributed by atoms with Gasteiger partial charge in [0, 0.05) is 24.4 Å². The molecule has 0 bridgehead atoms. The van der Waals surface area contributed by atoms with Crippen molar-refractivity contribution in [1.29, 1.82) is 0 Å². The Labute approximate surface area is 145 Å². The molecule has 0 radical (unpaired) electrons. The molecule has 0 amide bonds. The average Bonchev–Trinajstić information content (AvgIpc) is 3.05. The summed E-state index contributed by atoms with van der Waals surface area (Å²) >= 11 is 0. The van der Waals surface area contributed by atoms with E-state index in [0.717, 1.165) is 22.5 Å². The topological polar surface area (TPSA) is 88.1 Å². The first-order chi connectivity index (χ1) is 12.1. The second-order valence-corrected chi connectivity index (χ2v) is 5.72. The van der Waals surface area contributed by atoms with Crippen molar-refractivity contribution in [3.63, 3.8) is 0 Å². The van der Waals surface area contributed by atoms with E-state index in [0.29, 0.717) is 12.2 Å². The highest BCUT2D eigenvalue weighted by molar-refractivity contribution is 5.67. The van der Waals surface area contributed by atoms with Crippen molar-refractivity contribution in [2.75, 3.05) is 0 Å². The number of nitrogens with zero attached hydrogens (tertiary/aromatic N) is 2. The van der Waals surface area contributed by atoms with Gasteiger partial charge in [0.05, 0.1) is 11.4 Å². The van der Waals surface area contributed by atoms with E-state index in [4.69, 9.17) is 9.84 Å². The molecule has 128 valence electrons. The number of aryl methyl sites for hydroxylation is 2. The Morgan fingerprint density at radius 2 is 2.04 bits per heavy atom. The molecule has 0 fully saturated rings. The van der Waals surface area contributed by atoms with E-state index in [1.54, 1.807) is 6.20 Å². The fourth-order valence-corrected chi connectivity index (χ4v) is 2.57. The van der Waals surface area contributed by atoms with Crippen LogP contribution < -0.4 is 4.74 Å². The number of H-pyrrole nitrogens is 1. The predicted molar refractivity (Wildman–Crippen MR) is 92.4 cm³/mol. The van der Waals surface area contributed by atoms with Gasteiger partial charge < -0.3 is 9.84 Å². The summed E-state index contributed by atoms with van der Waals surface area (Å²) in [5.74, 6) is -0.110. The first kappa shape index (κ1) is 16.7. The van der Waals surface area contributed by atoms with E-state index in [-0.39, 0.29) is 12.5 Å². The maximum absolute atomic E-state index is 10.7. The van der Waals surface area contributed by atoms with Crippen molar-refractivity contribution in [2.45, 2.75) is 25.9 Å². The van der Waals surface area contributed by atoms with Gasteiger partial charge in [-0.1, -0.05) is 18.2 Å². The Balaban J connectivity index is 1.81. The van der Waals surface area contributed by atoms with Crippen molar-refractivity contribution in [1.82, 2.24) is 15.2 Å². The van der Waals surface area contributed by atoms with E-state index < -0.39 is 5.97 Å². The summed E-state index contributed by atoms with van der Waals surface area (Å²) in [6.07, 6.45) is 3.79. The molecular formula is C19H19N3O3. The molecule has 2 aromatic heterocycles. The molecular weight excluding hydrogens is 318 g/mol. The largest absolute Gasteiger partial charge is 0.481 e. The van der Waals surface area contributed by atoms with Gasteiger partial charge in [-0.05, 0) is 43.2 Å². The minimum Gasteiger partial charge on any atom is -0.481 e. The highest BCUT2D eigenvalue weighted by Crippen LogP contribution is 2.28. The minimum absolute atomic E-state index is 0.116. The molecule has 6 heteroatoms. The van der Waals surface area contributed by atoms with E-state index in [1.165, 1.54) is 0 Å². The van der Waals surface area contributed by atoms with Crippen LogP contribution in [0.3, 0.4) is 0 Å². The number of carboxylic acids is 1. The quantitative estimate of drug-likeness (QED) is 0.690. The fourth-order valence-electron chi connectivity index (χ4n) is 2.57. The van der Waals surface area contributed by atoms with Gasteiger partial charge in [0.15, 0.2) is 6.10 Å². The average molecular weight is 337 g/mol. The van der Waals surface area contributed by atoms with Crippen LogP contribution in [0.4, 0.5) is 0 Å². The van der Waals surface area contributed by atoms with Gasteiger partial charge in [0.25, 0.3) is 0 Å². The molecule has 1 atom stereocenters. The lowest BCUT2D eigenvalue weighted by Gasteiger charge is -2.18. The lowest BCUT2D eigenvalue weighted by Crippen LogP contribution is -2.11. The molecule has 0 saturated carbocycles. The standard InChI is InChI=1S/C19H19N3O3/c1-13-16(12-21-22-13)19(17-4-2-3-11-20-17)25-15-8-5-14(6-9-15)7-10-18(23)24/h2-6,8-9,11-12,19H,7,10H2,1H3,(H,21,22)(H,23,24). The van der Waals surface area contributed by atoms with Crippen LogP contribution in [-0.4, -0.2) is 26.3 Å². The van der Waals surface area contributed by atoms with E-state index in [1.807, 2.05) is 55.6 Å². The van der Waals surface area contributed by atoms with Gasteiger partial charge in [0.2, 0.25) is 0 Å². The molecule has 0 aliphatic carbocycles. The molecule has 0 saturated heterocycles. The predicted octanol–water partition coefficient (Wildman–Crippen LogP) is 3.30. The van der Waals surface area contributed by atoms with E-state index in [9.17, 15) is 4.79 Å². The van der Waals surface area contributed by atoms with Crippen molar-refractivity contribution in [2.24, 2.45) is 0 Å². The third kappa shape index (κ3) is 4.23. The van der Waals surface area contributed by atoms with Crippen LogP contribution in [0.25, 0.3) is 0 Å². The number of carboxylic acid groups (broad SMARTS) is 1. The molecule has 1 aromatic carbocycles. The summed E-state index contributed by atoms with van der Waals surface area (Å²) in [5, 5.41) is 15.8. The summed E-state index contributed by atoms with van der Waals surface area (Å²) in [6.45, 7) is 1.92. The van der Waals surface area contributed by atoms with Gasteiger partial charge >= 0.3 is 5.97 Å². The van der Waals surface area contributed by atoms with Gasteiger partial charge in [-0.15, -0.1) is 0 Å². The Bertz CT molecular complexity index is 829. The Kier molecular flexibility index (Phi) is 5.09. The number of aliphatic carboxylic acids is 1. The van der Waals surface area contributed by atoms with Crippen LogP contribution in [0.2, 0.25) is 0 Å². The Morgan fingerprint density at radius 1 is 1.24 bits per heavy atom. The number of aromatic nitrogens is 3. The molecule has 2 N–H and O–H groups in total. The number of hydrogen-bond donors (Lipinski definition) is 2. The van der Waals surface area contributed by atoms with Crippen LogP contribution in [0.15, 0.2) is 54.9 Å². The van der Waals surface area contributed by atoms with E-state index in [2.05, 4.69) is 15.2 Å². The third-order valence-corrected chi connectivity index (χ3v) is 3.91. The molecule has 6 nitrogen and oxygen atoms in total. The summed E-state index contributed by atoms with van der Waals surface area (Å²) in [7, 11) is 0. The van der Waals surface area contributed by atoms with Crippen LogP contribution in [0, 0.1) is 6.92 Å². The number of nitrogens with one attached hydrogen (secondary N) is 1. The Morgan fingerprint density at radius 3 is 2.64 bits per heavy atom. The van der Waals surface area contributed by atoms with Crippen LogP contribution >= 0.6 is 0 Å². The molecule has 0 aliphatic heterocycles. The smallest absolute Gasteiger partial charge is 0.303 e. The molecule has 0 aliphatic rings. The number of benzene rings is 1. The van der Waals surface area contributed by atoms with Crippen LogP contribution in [-0.2, 0) is 11.2 Å². The maximum atomic E-state index is 10.7. The number of ether oxygens (including phenoxy) is 1. The molecule has 3 rings (SSSR count).